The fraction of sp³-hybridized carbons (Fsp3) is 0.667. The van der Waals surface area contributed by atoms with Crippen LogP contribution in [0.1, 0.15) is 18.3 Å². The van der Waals surface area contributed by atoms with Gasteiger partial charge in [-0.25, -0.2) is 9.97 Å². The molecule has 0 radical (unpaired) electrons. The van der Waals surface area contributed by atoms with E-state index in [-0.39, 0.29) is 0 Å². The maximum atomic E-state index is 6.13. The van der Waals surface area contributed by atoms with E-state index in [1.54, 1.807) is 0 Å². The van der Waals surface area contributed by atoms with Crippen LogP contribution in [0.15, 0.2) is 0 Å². The molecule has 0 amide bonds. The van der Waals surface area contributed by atoms with E-state index in [1.807, 2.05) is 13.8 Å². The highest BCUT2D eigenvalue weighted by Gasteiger charge is 2.24. The van der Waals surface area contributed by atoms with Crippen molar-refractivity contribution in [1.29, 1.82) is 0 Å². The van der Waals surface area contributed by atoms with Crippen LogP contribution >= 0.6 is 11.6 Å². The van der Waals surface area contributed by atoms with Crippen LogP contribution in [-0.2, 0) is 0 Å². The van der Waals surface area contributed by atoms with Crippen LogP contribution < -0.4 is 4.90 Å². The summed E-state index contributed by atoms with van der Waals surface area (Å²) in [5.41, 5.74) is 0.980. The summed E-state index contributed by atoms with van der Waals surface area (Å²) >= 11 is 6.13. The van der Waals surface area contributed by atoms with Crippen LogP contribution in [0.4, 0.5) is 5.82 Å². The molecule has 1 aromatic rings. The monoisotopic (exact) mass is 254 g/mol. The van der Waals surface area contributed by atoms with Crippen molar-refractivity contribution < 1.29 is 0 Å². The first-order chi connectivity index (χ1) is 7.99. The Morgan fingerprint density at radius 1 is 1.24 bits per heavy atom. The third-order valence-electron chi connectivity index (χ3n) is 3.28. The zero-order valence-corrected chi connectivity index (χ0v) is 11.6. The third kappa shape index (κ3) is 2.53. The SMILES string of the molecule is Cc1nc(Cl)c(C)c(N2CCN(C)CC2C)n1. The highest BCUT2D eigenvalue weighted by Crippen LogP contribution is 2.26. The number of halogens is 1. The van der Waals surface area contributed by atoms with Crippen molar-refractivity contribution in [2.45, 2.75) is 26.8 Å². The molecule has 1 aliphatic rings. The molecule has 1 aromatic heterocycles. The fourth-order valence-corrected chi connectivity index (χ4v) is 2.52. The Bertz CT molecular complexity index is 421. The van der Waals surface area contributed by atoms with Gasteiger partial charge in [-0.05, 0) is 27.8 Å². The Balaban J connectivity index is 2.33. The quantitative estimate of drug-likeness (QED) is 0.717. The van der Waals surface area contributed by atoms with E-state index in [1.165, 1.54) is 0 Å². The molecule has 0 bridgehead atoms. The van der Waals surface area contributed by atoms with Crippen molar-refractivity contribution >= 4 is 17.4 Å². The van der Waals surface area contributed by atoms with Gasteiger partial charge in [-0.15, -0.1) is 0 Å². The fourth-order valence-electron chi connectivity index (χ4n) is 2.31. The second-order valence-corrected chi connectivity index (χ2v) is 5.17. The molecule has 2 rings (SSSR count). The molecule has 2 heterocycles. The molecule has 1 atom stereocenters. The van der Waals surface area contributed by atoms with Crippen molar-refractivity contribution in [3.63, 3.8) is 0 Å². The van der Waals surface area contributed by atoms with Gasteiger partial charge in [-0.1, -0.05) is 11.6 Å². The first kappa shape index (κ1) is 12.6. The molecule has 1 fully saturated rings. The molecule has 0 aromatic carbocycles. The molecule has 1 saturated heterocycles. The topological polar surface area (TPSA) is 32.3 Å². The van der Waals surface area contributed by atoms with E-state index < -0.39 is 0 Å². The Labute approximate surface area is 108 Å². The number of hydrogen-bond donors (Lipinski definition) is 0. The Morgan fingerprint density at radius 2 is 1.94 bits per heavy atom. The van der Waals surface area contributed by atoms with Gasteiger partial charge in [0, 0.05) is 31.2 Å². The van der Waals surface area contributed by atoms with Crippen molar-refractivity contribution in [3.05, 3.63) is 16.5 Å². The smallest absolute Gasteiger partial charge is 0.137 e. The second kappa shape index (κ2) is 4.78. The predicted molar refractivity (Wildman–Crippen MR) is 70.8 cm³/mol. The minimum Gasteiger partial charge on any atom is -0.351 e. The maximum Gasteiger partial charge on any atom is 0.137 e. The molecule has 0 spiro atoms. The molecule has 5 heteroatoms. The van der Waals surface area contributed by atoms with E-state index in [2.05, 4.69) is 33.7 Å². The number of rotatable bonds is 1. The van der Waals surface area contributed by atoms with Gasteiger partial charge in [0.1, 0.15) is 16.8 Å². The Morgan fingerprint density at radius 3 is 2.59 bits per heavy atom. The summed E-state index contributed by atoms with van der Waals surface area (Å²) in [4.78, 5) is 13.4. The van der Waals surface area contributed by atoms with Crippen LogP contribution in [0, 0.1) is 13.8 Å². The first-order valence-electron chi connectivity index (χ1n) is 5.95. The molecule has 1 aliphatic heterocycles. The molecule has 0 saturated carbocycles. The van der Waals surface area contributed by atoms with Crippen LogP contribution in [0.25, 0.3) is 0 Å². The highest BCUT2D eigenvalue weighted by molar-refractivity contribution is 6.30. The van der Waals surface area contributed by atoms with E-state index >= 15 is 0 Å². The van der Waals surface area contributed by atoms with E-state index in [9.17, 15) is 0 Å². The van der Waals surface area contributed by atoms with Crippen molar-refractivity contribution in [2.24, 2.45) is 0 Å². The molecule has 0 N–H and O–H groups in total. The average Bonchev–Trinajstić information content (AvgIpc) is 2.24. The summed E-state index contributed by atoms with van der Waals surface area (Å²) in [6.45, 7) is 9.20. The zero-order chi connectivity index (χ0) is 12.6. The highest BCUT2D eigenvalue weighted by atomic mass is 35.5. The second-order valence-electron chi connectivity index (χ2n) is 4.81. The summed E-state index contributed by atoms with van der Waals surface area (Å²) in [6, 6.07) is 0.456. The third-order valence-corrected chi connectivity index (χ3v) is 3.64. The lowest BCUT2D eigenvalue weighted by atomic mass is 10.2. The number of anilines is 1. The van der Waals surface area contributed by atoms with Crippen molar-refractivity contribution in [1.82, 2.24) is 14.9 Å². The Hall–Kier alpha value is -0.870. The number of aromatic nitrogens is 2. The number of nitrogens with zero attached hydrogens (tertiary/aromatic N) is 4. The van der Waals surface area contributed by atoms with Gasteiger partial charge in [-0.3, -0.25) is 0 Å². The van der Waals surface area contributed by atoms with Gasteiger partial charge >= 0.3 is 0 Å². The number of piperazine rings is 1. The summed E-state index contributed by atoms with van der Waals surface area (Å²) in [5, 5.41) is 0.568. The van der Waals surface area contributed by atoms with Crippen molar-refractivity contribution in [3.8, 4) is 0 Å². The average molecular weight is 255 g/mol. The van der Waals surface area contributed by atoms with Crippen LogP contribution in [0.2, 0.25) is 5.15 Å². The summed E-state index contributed by atoms with van der Waals surface area (Å²) in [7, 11) is 2.15. The van der Waals surface area contributed by atoms with Crippen LogP contribution in [0.3, 0.4) is 0 Å². The lowest BCUT2D eigenvalue weighted by Gasteiger charge is -2.39. The molecular formula is C12H19ClN4. The van der Waals surface area contributed by atoms with E-state index in [0.717, 1.165) is 36.8 Å². The lowest BCUT2D eigenvalue weighted by Crippen LogP contribution is -2.51. The van der Waals surface area contributed by atoms with Crippen molar-refractivity contribution in [2.75, 3.05) is 31.6 Å². The normalized spacial score (nSPS) is 21.9. The molecule has 1 unspecified atom stereocenters. The summed E-state index contributed by atoms with van der Waals surface area (Å²) < 4.78 is 0. The largest absolute Gasteiger partial charge is 0.351 e. The minimum absolute atomic E-state index is 0.456. The van der Waals surface area contributed by atoms with Crippen LogP contribution in [0.5, 0.6) is 0 Å². The van der Waals surface area contributed by atoms with Gasteiger partial charge in [-0.2, -0.15) is 0 Å². The zero-order valence-electron chi connectivity index (χ0n) is 10.9. The molecule has 0 aliphatic carbocycles. The number of likely N-dealkylation sites (N-methyl/N-ethyl adjacent to an activating group) is 1. The summed E-state index contributed by atoms with van der Waals surface area (Å²) in [6.07, 6.45) is 0. The maximum absolute atomic E-state index is 6.13. The molecule has 4 nitrogen and oxygen atoms in total. The molecular weight excluding hydrogens is 236 g/mol. The molecule has 94 valence electrons. The van der Waals surface area contributed by atoms with E-state index in [4.69, 9.17) is 11.6 Å². The van der Waals surface area contributed by atoms with E-state index in [0.29, 0.717) is 11.2 Å². The number of aryl methyl sites for hydroxylation is 1. The molecule has 17 heavy (non-hydrogen) atoms. The predicted octanol–water partition coefficient (Wildman–Crippen LogP) is 1.89. The first-order valence-corrected chi connectivity index (χ1v) is 6.32. The standard InChI is InChI=1S/C12H19ClN4/c1-8-7-16(4)5-6-17(8)12-9(2)11(13)14-10(3)15-12/h8H,5-7H2,1-4H3. The Kier molecular flexibility index (Phi) is 3.54. The number of hydrogen-bond acceptors (Lipinski definition) is 4. The lowest BCUT2D eigenvalue weighted by molar-refractivity contribution is 0.274. The van der Waals surface area contributed by atoms with Gasteiger partial charge in [0.05, 0.1) is 0 Å². The summed E-state index contributed by atoms with van der Waals surface area (Å²) in [5.74, 6) is 1.73. The van der Waals surface area contributed by atoms with Crippen LogP contribution in [-0.4, -0.2) is 47.6 Å². The minimum atomic E-state index is 0.456. The van der Waals surface area contributed by atoms with Gasteiger partial charge in [0.2, 0.25) is 0 Å². The van der Waals surface area contributed by atoms with Gasteiger partial charge in [0.15, 0.2) is 0 Å². The van der Waals surface area contributed by atoms with Gasteiger partial charge in [0.25, 0.3) is 0 Å². The van der Waals surface area contributed by atoms with Gasteiger partial charge < -0.3 is 9.80 Å².